The van der Waals surface area contributed by atoms with Crippen molar-refractivity contribution in [2.45, 2.75) is 56.7 Å². The van der Waals surface area contributed by atoms with Crippen molar-refractivity contribution >= 4 is 0 Å². The Hall–Kier alpha value is -2.62. The van der Waals surface area contributed by atoms with Crippen LogP contribution in [0.15, 0.2) is 72.8 Å². The quantitative estimate of drug-likeness (QED) is 0.507. The summed E-state index contributed by atoms with van der Waals surface area (Å²) >= 11 is 0. The van der Waals surface area contributed by atoms with Crippen molar-refractivity contribution in [3.8, 4) is 5.75 Å². The van der Waals surface area contributed by atoms with Crippen molar-refractivity contribution in [2.75, 3.05) is 20.2 Å². The second-order valence-corrected chi connectivity index (χ2v) is 10.4. The first-order valence-corrected chi connectivity index (χ1v) is 13.1. The van der Waals surface area contributed by atoms with Crippen molar-refractivity contribution in [3.05, 3.63) is 101 Å². The molecule has 176 valence electrons. The zero-order valence-corrected chi connectivity index (χ0v) is 20.2. The van der Waals surface area contributed by atoms with E-state index in [9.17, 15) is 0 Å². The second kappa shape index (κ2) is 9.56. The summed E-state index contributed by atoms with van der Waals surface area (Å²) < 4.78 is 5.77. The third-order valence-corrected chi connectivity index (χ3v) is 8.55. The molecule has 3 aromatic carbocycles. The molecule has 1 unspecified atom stereocenters. The number of nitrogens with one attached hydrogen (secondary N) is 1. The van der Waals surface area contributed by atoms with E-state index in [1.807, 2.05) is 7.11 Å². The largest absolute Gasteiger partial charge is 0.496 e. The van der Waals surface area contributed by atoms with Gasteiger partial charge in [-0.1, -0.05) is 66.7 Å². The summed E-state index contributed by atoms with van der Waals surface area (Å²) in [7, 11) is 1.81. The molecule has 3 saturated heterocycles. The second-order valence-electron chi connectivity index (χ2n) is 10.4. The Kier molecular flexibility index (Phi) is 6.15. The van der Waals surface area contributed by atoms with Gasteiger partial charge in [-0.3, -0.25) is 4.90 Å². The fourth-order valence-electron chi connectivity index (χ4n) is 6.83. The highest BCUT2D eigenvalue weighted by molar-refractivity contribution is 5.45. The van der Waals surface area contributed by atoms with Gasteiger partial charge in [-0.25, -0.2) is 0 Å². The number of hydrogen-bond acceptors (Lipinski definition) is 3. The number of ether oxygens (including phenoxy) is 1. The van der Waals surface area contributed by atoms with E-state index in [0.717, 1.165) is 24.8 Å². The molecule has 3 fully saturated rings. The van der Waals surface area contributed by atoms with Crippen LogP contribution in [0, 0.1) is 5.92 Å². The molecule has 0 saturated carbocycles. The molecule has 2 bridgehead atoms. The molecule has 4 aliphatic rings. The van der Waals surface area contributed by atoms with Crippen LogP contribution < -0.4 is 10.1 Å². The summed E-state index contributed by atoms with van der Waals surface area (Å²) in [6.45, 7) is 3.25. The Morgan fingerprint density at radius 1 is 0.941 bits per heavy atom. The Morgan fingerprint density at radius 3 is 2.24 bits per heavy atom. The van der Waals surface area contributed by atoms with Gasteiger partial charge in [0, 0.05) is 36.7 Å². The summed E-state index contributed by atoms with van der Waals surface area (Å²) in [6.07, 6.45) is 6.25. The van der Waals surface area contributed by atoms with Crippen molar-refractivity contribution in [1.29, 1.82) is 0 Å². The first kappa shape index (κ1) is 21.9. The molecular weight excluding hydrogens is 416 g/mol. The number of piperidine rings is 3. The molecule has 3 aliphatic heterocycles. The topological polar surface area (TPSA) is 24.5 Å². The van der Waals surface area contributed by atoms with Gasteiger partial charge < -0.3 is 10.1 Å². The van der Waals surface area contributed by atoms with Gasteiger partial charge in [-0.2, -0.15) is 0 Å². The molecule has 0 spiro atoms. The predicted molar refractivity (Wildman–Crippen MR) is 138 cm³/mol. The van der Waals surface area contributed by atoms with Gasteiger partial charge >= 0.3 is 0 Å². The van der Waals surface area contributed by atoms with E-state index in [4.69, 9.17) is 4.74 Å². The van der Waals surface area contributed by atoms with Crippen LogP contribution in [0.2, 0.25) is 0 Å². The van der Waals surface area contributed by atoms with Crippen molar-refractivity contribution in [1.82, 2.24) is 10.2 Å². The molecule has 0 radical (unpaired) electrons. The van der Waals surface area contributed by atoms with Crippen LogP contribution in [0.5, 0.6) is 5.75 Å². The highest BCUT2D eigenvalue weighted by Gasteiger charge is 2.43. The SMILES string of the molecule is COc1cc2c(cc1CN[C@@H]1CN3CC[C@H]1C[C@H]3C(c1ccccc1)c1ccccc1)CCC2. The van der Waals surface area contributed by atoms with Crippen molar-refractivity contribution < 1.29 is 4.74 Å². The van der Waals surface area contributed by atoms with E-state index in [0.29, 0.717) is 18.0 Å². The highest BCUT2D eigenvalue weighted by atomic mass is 16.5. The molecular formula is C31H36N2O. The lowest BCUT2D eigenvalue weighted by molar-refractivity contribution is 0.0125. The summed E-state index contributed by atoms with van der Waals surface area (Å²) in [6, 6.07) is 28.1. The van der Waals surface area contributed by atoms with Crippen LogP contribution in [0.25, 0.3) is 0 Å². The molecule has 0 aromatic heterocycles. The van der Waals surface area contributed by atoms with Gasteiger partial charge in [0.15, 0.2) is 0 Å². The lowest BCUT2D eigenvalue weighted by atomic mass is 9.72. The molecule has 3 heteroatoms. The molecule has 3 heterocycles. The number of rotatable bonds is 7. The minimum Gasteiger partial charge on any atom is -0.496 e. The van der Waals surface area contributed by atoms with Gasteiger partial charge in [0.2, 0.25) is 0 Å². The number of aryl methyl sites for hydroxylation is 2. The lowest BCUT2D eigenvalue weighted by Crippen LogP contribution is -2.61. The third-order valence-electron chi connectivity index (χ3n) is 8.55. The van der Waals surface area contributed by atoms with Gasteiger partial charge in [-0.05, 0) is 72.9 Å². The van der Waals surface area contributed by atoms with Gasteiger partial charge in [-0.15, -0.1) is 0 Å². The van der Waals surface area contributed by atoms with E-state index in [1.54, 1.807) is 0 Å². The molecule has 7 rings (SSSR count). The van der Waals surface area contributed by atoms with Gasteiger partial charge in [0.1, 0.15) is 5.75 Å². The predicted octanol–water partition coefficient (Wildman–Crippen LogP) is 5.57. The fraction of sp³-hybridized carbons (Fsp3) is 0.419. The number of hydrogen-bond donors (Lipinski definition) is 1. The van der Waals surface area contributed by atoms with Crippen molar-refractivity contribution in [3.63, 3.8) is 0 Å². The number of methoxy groups -OCH3 is 1. The summed E-state index contributed by atoms with van der Waals surface area (Å²) in [5, 5.41) is 3.95. The molecule has 34 heavy (non-hydrogen) atoms. The van der Waals surface area contributed by atoms with Crippen molar-refractivity contribution in [2.24, 2.45) is 5.92 Å². The first-order valence-electron chi connectivity index (χ1n) is 13.1. The Morgan fingerprint density at radius 2 is 1.62 bits per heavy atom. The van der Waals surface area contributed by atoms with E-state index in [-0.39, 0.29) is 0 Å². The van der Waals surface area contributed by atoms with Crippen LogP contribution in [0.4, 0.5) is 0 Å². The number of nitrogens with zero attached hydrogens (tertiary/aromatic N) is 1. The number of benzene rings is 3. The van der Waals surface area contributed by atoms with Crippen LogP contribution in [-0.2, 0) is 19.4 Å². The minimum absolute atomic E-state index is 0.433. The van der Waals surface area contributed by atoms with Crippen LogP contribution in [0.3, 0.4) is 0 Å². The normalized spacial score (nSPS) is 25.5. The summed E-state index contributed by atoms with van der Waals surface area (Å²) in [5.41, 5.74) is 7.22. The van der Waals surface area contributed by atoms with Crippen LogP contribution in [-0.4, -0.2) is 37.2 Å². The van der Waals surface area contributed by atoms with E-state index < -0.39 is 0 Å². The zero-order valence-electron chi connectivity index (χ0n) is 20.2. The smallest absolute Gasteiger partial charge is 0.123 e. The van der Waals surface area contributed by atoms with Gasteiger partial charge in [0.05, 0.1) is 7.11 Å². The van der Waals surface area contributed by atoms with Gasteiger partial charge in [0.25, 0.3) is 0 Å². The molecule has 0 amide bonds. The molecule has 3 aromatic rings. The monoisotopic (exact) mass is 452 g/mol. The van der Waals surface area contributed by atoms with E-state index in [1.165, 1.54) is 66.5 Å². The summed E-state index contributed by atoms with van der Waals surface area (Å²) in [4.78, 5) is 2.77. The Balaban J connectivity index is 1.19. The number of fused-ring (bicyclic) bond motifs is 4. The third kappa shape index (κ3) is 4.16. The minimum atomic E-state index is 0.433. The Labute approximate surface area is 204 Å². The maximum atomic E-state index is 5.77. The molecule has 3 nitrogen and oxygen atoms in total. The zero-order chi connectivity index (χ0) is 22.9. The maximum absolute atomic E-state index is 5.77. The summed E-state index contributed by atoms with van der Waals surface area (Å²) in [5.74, 6) is 2.22. The lowest BCUT2D eigenvalue weighted by Gasteiger charge is -2.52. The first-order chi connectivity index (χ1) is 16.8. The van der Waals surface area contributed by atoms with E-state index in [2.05, 4.69) is 83.0 Å². The van der Waals surface area contributed by atoms with E-state index >= 15 is 0 Å². The standard InChI is InChI=1S/C31H36N2O/c1-34-30-19-25-14-8-13-24(25)17-27(30)20-32-28-21-33-16-15-26(28)18-29(33)31(22-9-4-2-5-10-22)23-11-6-3-7-12-23/h2-7,9-12,17,19,26,28-29,31-32H,8,13-16,18,20-21H2,1H3/t26-,28+,29-/m0/s1. The molecule has 1 N–H and O–H groups in total. The van der Waals surface area contributed by atoms with Crippen LogP contribution in [0.1, 0.15) is 53.0 Å². The van der Waals surface area contributed by atoms with Crippen LogP contribution >= 0.6 is 0 Å². The fourth-order valence-corrected chi connectivity index (χ4v) is 6.83. The average Bonchev–Trinajstić information content (AvgIpc) is 3.36. The Bertz CT molecular complexity index is 1070. The molecule has 1 aliphatic carbocycles. The average molecular weight is 453 g/mol. The maximum Gasteiger partial charge on any atom is 0.123 e. The molecule has 4 atom stereocenters. The highest BCUT2D eigenvalue weighted by Crippen LogP contribution is 2.42.